The zero-order valence-corrected chi connectivity index (χ0v) is 27.1. The molecule has 0 aliphatic carbocycles. The molecule has 1 aliphatic rings. The maximum Gasteiger partial charge on any atom is 0.296 e. The van der Waals surface area contributed by atoms with Gasteiger partial charge in [-0.25, -0.2) is 0 Å². The predicted octanol–water partition coefficient (Wildman–Crippen LogP) is 4.26. The molecule has 2 aromatic heterocycles. The second kappa shape index (κ2) is 11.5. The van der Waals surface area contributed by atoms with E-state index in [-0.39, 0.29) is 47.1 Å². The van der Waals surface area contributed by atoms with Crippen molar-refractivity contribution in [2.75, 3.05) is 31.9 Å². The smallest absolute Gasteiger partial charge is 0.296 e. The van der Waals surface area contributed by atoms with Gasteiger partial charge in [0.1, 0.15) is 9.79 Å². The minimum atomic E-state index is -5.08. The molecule has 8 bridgehead atoms. The summed E-state index contributed by atoms with van der Waals surface area (Å²) in [7, 11) is -10.2. The Morgan fingerprint density at radius 2 is 0.935 bits per heavy atom. The number of benzene rings is 2. The molecule has 0 radical (unpaired) electrons. The maximum absolute atomic E-state index is 12.5. The van der Waals surface area contributed by atoms with Crippen LogP contribution in [0.2, 0.25) is 0 Å². The van der Waals surface area contributed by atoms with Crippen LogP contribution in [0.25, 0.3) is 0 Å². The summed E-state index contributed by atoms with van der Waals surface area (Å²) in [5.74, 6) is -0.0467. The van der Waals surface area contributed by atoms with Gasteiger partial charge in [-0.05, 0) is 71.9 Å². The van der Waals surface area contributed by atoms with Crippen molar-refractivity contribution in [3.05, 3.63) is 36.4 Å². The van der Waals surface area contributed by atoms with Crippen LogP contribution in [0.4, 0.5) is 58.4 Å². The molecule has 46 heavy (non-hydrogen) atoms. The molecule has 0 unspecified atom stereocenters. The van der Waals surface area contributed by atoms with Crippen LogP contribution in [0, 0.1) is 0 Å². The quantitative estimate of drug-likeness (QED) is 0.124. The highest BCUT2D eigenvalue weighted by Crippen LogP contribution is 2.35. The van der Waals surface area contributed by atoms with Gasteiger partial charge in [0.25, 0.3) is 20.2 Å². The molecule has 1 aliphatic heterocycles. The molecule has 0 amide bonds. The number of anilines is 10. The average Bonchev–Trinajstić information content (AvgIpc) is 2.85. The molecule has 0 spiro atoms. The molecule has 0 saturated carbocycles. The number of rotatable bonds is 4. The van der Waals surface area contributed by atoms with E-state index < -0.39 is 41.1 Å². The largest absolute Gasteiger partial charge is 0.349 e. The highest BCUT2D eigenvalue weighted by atomic mass is 32.2. The van der Waals surface area contributed by atoms with Crippen molar-refractivity contribution in [3.63, 3.8) is 0 Å². The lowest BCUT2D eigenvalue weighted by Gasteiger charge is -2.22. The third kappa shape index (κ3) is 8.21. The van der Waals surface area contributed by atoms with E-state index in [2.05, 4.69) is 61.8 Å². The zero-order chi connectivity index (χ0) is 33.7. The summed E-state index contributed by atoms with van der Waals surface area (Å²) in [6, 6.07) is 8.58. The van der Waals surface area contributed by atoms with Gasteiger partial charge in [0, 0.05) is 22.5 Å². The lowest BCUT2D eigenvalue weighted by atomic mass is 10.1. The minimum absolute atomic E-state index is 0.0499. The van der Waals surface area contributed by atoms with E-state index in [4.69, 9.17) is 0 Å². The van der Waals surface area contributed by atoms with Crippen LogP contribution in [0.5, 0.6) is 0 Å². The van der Waals surface area contributed by atoms with Crippen molar-refractivity contribution in [1.82, 2.24) is 29.9 Å². The second-order valence-corrected chi connectivity index (χ2v) is 15.0. The Kier molecular flexibility index (Phi) is 8.09. The van der Waals surface area contributed by atoms with Gasteiger partial charge in [-0.3, -0.25) is 9.11 Å². The highest BCUT2D eigenvalue weighted by molar-refractivity contribution is 7.86. The number of nitrogens with one attached hydrogen (secondary N) is 6. The molecule has 8 N–H and O–H groups in total. The zero-order valence-electron chi connectivity index (χ0n) is 25.5. The van der Waals surface area contributed by atoms with Crippen LogP contribution >= 0.6 is 0 Å². The van der Waals surface area contributed by atoms with Crippen molar-refractivity contribution in [2.45, 2.75) is 62.4 Å². The van der Waals surface area contributed by atoms with Gasteiger partial charge in [0.2, 0.25) is 35.7 Å². The van der Waals surface area contributed by atoms with Gasteiger partial charge in [0.15, 0.2) is 0 Å². The van der Waals surface area contributed by atoms with Gasteiger partial charge >= 0.3 is 0 Å². The average molecular weight is 673 g/mol. The molecule has 20 heteroatoms. The standard InChI is InChI=1S/C26H32N12O6S2/c1-25(2,3)37-23-33-19-27-13-8-7-9-14(10-13)28-20-32-22(36-24(34-20)38-26(4,5)6)30-16-11-15(29-21(31-19)35-23)17(45(39,40)41)12-18(16)46(42,43)44/h7-12H,1-6H3,(H,39,40,41)(H,42,43,44)(H3,27,29,31,33,35,37)(H3,28,30,32,34,36,38). The van der Waals surface area contributed by atoms with E-state index in [0.29, 0.717) is 17.4 Å². The van der Waals surface area contributed by atoms with Crippen molar-refractivity contribution in [1.29, 1.82) is 0 Å². The molecule has 3 heterocycles. The van der Waals surface area contributed by atoms with Crippen LogP contribution in [-0.2, 0) is 20.2 Å². The van der Waals surface area contributed by atoms with Gasteiger partial charge in [0.05, 0.1) is 11.4 Å². The lowest BCUT2D eigenvalue weighted by molar-refractivity contribution is 0.481. The van der Waals surface area contributed by atoms with E-state index in [0.717, 1.165) is 6.07 Å². The number of hydrogen-bond donors (Lipinski definition) is 8. The Morgan fingerprint density at radius 3 is 1.28 bits per heavy atom. The number of aromatic nitrogens is 6. The van der Waals surface area contributed by atoms with Crippen molar-refractivity contribution in [2.24, 2.45) is 0 Å². The first-order valence-corrected chi connectivity index (χ1v) is 16.5. The molecule has 4 aromatic rings. The van der Waals surface area contributed by atoms with Gasteiger partial charge in [-0.1, -0.05) is 6.07 Å². The van der Waals surface area contributed by atoms with E-state index in [9.17, 15) is 25.9 Å². The van der Waals surface area contributed by atoms with E-state index >= 15 is 0 Å². The summed E-state index contributed by atoms with van der Waals surface area (Å²) in [6.45, 7) is 11.3. The predicted molar refractivity (Wildman–Crippen MR) is 172 cm³/mol. The van der Waals surface area contributed by atoms with E-state index in [1.165, 1.54) is 0 Å². The van der Waals surface area contributed by atoms with Crippen molar-refractivity contribution < 1.29 is 25.9 Å². The van der Waals surface area contributed by atoms with E-state index in [1.54, 1.807) is 24.3 Å². The summed E-state index contributed by atoms with van der Waals surface area (Å²) in [6.07, 6.45) is 0. The SMILES string of the molecule is CC(C)(C)Nc1nc2nc(n1)Nc1cc(c(S(=O)(=O)O)cc1S(=O)(=O)O)Nc1nc(nc(NC(C)(C)C)n1)Nc1cccc(c1)N2. The van der Waals surface area contributed by atoms with Gasteiger partial charge in [-0.2, -0.15) is 46.7 Å². The summed E-state index contributed by atoms with van der Waals surface area (Å²) >= 11 is 0. The van der Waals surface area contributed by atoms with Gasteiger partial charge < -0.3 is 31.9 Å². The molecule has 5 rings (SSSR count). The lowest BCUT2D eigenvalue weighted by Crippen LogP contribution is -2.28. The van der Waals surface area contributed by atoms with Crippen LogP contribution in [0.1, 0.15) is 41.5 Å². The maximum atomic E-state index is 12.5. The first kappa shape index (κ1) is 32.5. The molecular formula is C26H32N12O6S2. The minimum Gasteiger partial charge on any atom is -0.349 e. The third-order valence-electron chi connectivity index (χ3n) is 5.75. The molecule has 18 nitrogen and oxygen atoms in total. The fraction of sp³-hybridized carbons (Fsp3) is 0.308. The second-order valence-electron chi connectivity index (χ2n) is 12.2. The molecular weight excluding hydrogens is 640 g/mol. The van der Waals surface area contributed by atoms with E-state index in [1.807, 2.05) is 41.5 Å². The van der Waals surface area contributed by atoms with Crippen LogP contribution < -0.4 is 31.9 Å². The summed E-state index contributed by atoms with van der Waals surface area (Å²) in [5.41, 5.74) is -0.600. The Morgan fingerprint density at radius 1 is 0.565 bits per heavy atom. The van der Waals surface area contributed by atoms with Crippen molar-refractivity contribution in [3.8, 4) is 0 Å². The first-order valence-electron chi connectivity index (χ1n) is 13.6. The van der Waals surface area contributed by atoms with Crippen LogP contribution in [-0.4, -0.2) is 66.9 Å². The summed E-state index contributed by atoms with van der Waals surface area (Å²) in [4.78, 5) is 24.4. The normalized spacial score (nSPS) is 13.4. The summed E-state index contributed by atoms with van der Waals surface area (Å²) < 4.78 is 70.0. The number of fused-ring (bicyclic) bond motifs is 8. The summed E-state index contributed by atoms with van der Waals surface area (Å²) in [5, 5.41) is 17.9. The first-order chi connectivity index (χ1) is 21.2. The third-order valence-corrected chi connectivity index (χ3v) is 7.54. The Bertz CT molecular complexity index is 1910. The molecule has 0 fully saturated rings. The molecule has 244 valence electrons. The number of hydrogen-bond acceptors (Lipinski definition) is 16. The van der Waals surface area contributed by atoms with Crippen molar-refractivity contribution >= 4 is 78.7 Å². The fourth-order valence-corrected chi connectivity index (χ4v) is 5.50. The Balaban J connectivity index is 1.78. The fourth-order valence-electron chi connectivity index (χ4n) is 4.12. The Labute approximate surface area is 264 Å². The molecule has 2 aromatic carbocycles. The molecule has 0 atom stereocenters. The topological polar surface area (TPSA) is 258 Å². The Hall–Kier alpha value is -4.92. The molecule has 0 saturated heterocycles. The van der Waals surface area contributed by atoms with Crippen LogP contribution in [0.15, 0.2) is 46.2 Å². The van der Waals surface area contributed by atoms with Crippen LogP contribution in [0.3, 0.4) is 0 Å². The monoisotopic (exact) mass is 672 g/mol. The highest BCUT2D eigenvalue weighted by Gasteiger charge is 2.27. The number of nitrogens with zero attached hydrogens (tertiary/aromatic N) is 6. The van der Waals surface area contributed by atoms with Gasteiger partial charge in [-0.15, -0.1) is 0 Å².